The van der Waals surface area contributed by atoms with Gasteiger partial charge in [-0.25, -0.2) is 4.98 Å². The molecule has 0 unspecified atom stereocenters. The number of amides is 3. The monoisotopic (exact) mass is 723 g/mol. The first kappa shape index (κ1) is 38.5. The van der Waals surface area contributed by atoms with Crippen LogP contribution in [0.25, 0.3) is 0 Å². The van der Waals surface area contributed by atoms with Crippen LogP contribution in [-0.2, 0) is 4.79 Å². The Morgan fingerprint density at radius 2 is 1.60 bits per heavy atom. The van der Waals surface area contributed by atoms with Gasteiger partial charge in [-0.15, -0.1) is 0 Å². The normalized spacial score (nSPS) is 12.4. The van der Waals surface area contributed by atoms with E-state index in [-0.39, 0.29) is 41.6 Å². The molecule has 0 saturated carbocycles. The lowest BCUT2D eigenvalue weighted by molar-refractivity contribution is -0.132. The summed E-state index contributed by atoms with van der Waals surface area (Å²) in [5.41, 5.74) is 3.76. The number of carbonyl (C=O) groups is 3. The lowest BCUT2D eigenvalue weighted by Gasteiger charge is -2.23. The van der Waals surface area contributed by atoms with Crippen molar-refractivity contribution in [1.29, 1.82) is 0 Å². The van der Waals surface area contributed by atoms with Gasteiger partial charge >= 0.3 is 0 Å². The van der Waals surface area contributed by atoms with Gasteiger partial charge in [0.1, 0.15) is 11.3 Å². The highest BCUT2D eigenvalue weighted by Crippen LogP contribution is 2.36. The van der Waals surface area contributed by atoms with Crippen LogP contribution >= 0.6 is 0 Å². The van der Waals surface area contributed by atoms with E-state index in [0.717, 1.165) is 56.7 Å². The summed E-state index contributed by atoms with van der Waals surface area (Å²) in [7, 11) is 3.29. The number of carbonyl (C=O) groups excluding carboxylic acids is 3. The SMILES string of the molecule is CCN(CC)CCN(C)C(=O)c1ccc(Nc2ncc(C(=O)Nc3c(C)cccc3C)c(Oc3ccc(OCC(=O)N4CCCC4)cc3OC)n2)cc1. The standard InChI is InChI=1S/C40H49N7O6/c1-7-46(8-2)23-22-45(5)39(50)29-14-16-30(17-15-29)42-40-41-25-32(37(49)43-36-27(3)12-11-13-28(36)4)38(44-40)53-33-19-18-31(24-34(33)51-6)52-26-35(48)47-20-9-10-21-47/h11-19,24-25H,7-10,20-23,26H2,1-6H3,(H,43,49)(H,41,42,44). The number of nitrogens with one attached hydrogen (secondary N) is 2. The van der Waals surface area contributed by atoms with Crippen LogP contribution in [0, 0.1) is 13.8 Å². The van der Waals surface area contributed by atoms with Crippen LogP contribution in [0.4, 0.5) is 17.3 Å². The summed E-state index contributed by atoms with van der Waals surface area (Å²) in [6.07, 6.45) is 3.39. The van der Waals surface area contributed by atoms with Crippen molar-refractivity contribution in [3.05, 3.63) is 89.1 Å². The van der Waals surface area contributed by atoms with Crippen molar-refractivity contribution >= 4 is 35.0 Å². The number of likely N-dealkylation sites (tertiary alicyclic amines) is 1. The fourth-order valence-corrected chi connectivity index (χ4v) is 5.96. The topological polar surface area (TPSA) is 138 Å². The van der Waals surface area contributed by atoms with Crippen LogP contribution < -0.4 is 24.8 Å². The maximum absolute atomic E-state index is 13.7. The molecular formula is C40H49N7O6. The van der Waals surface area contributed by atoms with E-state index < -0.39 is 5.91 Å². The highest BCUT2D eigenvalue weighted by atomic mass is 16.5. The third kappa shape index (κ3) is 10.0. The minimum absolute atomic E-state index is 0.0240. The summed E-state index contributed by atoms with van der Waals surface area (Å²) < 4.78 is 17.7. The molecule has 1 aliphatic heterocycles. The number of para-hydroxylation sites is 1. The van der Waals surface area contributed by atoms with Gasteiger partial charge in [-0.2, -0.15) is 4.98 Å². The summed E-state index contributed by atoms with van der Waals surface area (Å²) in [5, 5.41) is 6.13. The number of nitrogens with zero attached hydrogens (tertiary/aromatic N) is 5. The first-order chi connectivity index (χ1) is 25.6. The highest BCUT2D eigenvalue weighted by molar-refractivity contribution is 6.06. The van der Waals surface area contributed by atoms with E-state index in [0.29, 0.717) is 35.0 Å². The number of anilines is 3. The third-order valence-corrected chi connectivity index (χ3v) is 9.26. The quantitative estimate of drug-likeness (QED) is 0.135. The minimum atomic E-state index is -0.462. The molecule has 280 valence electrons. The van der Waals surface area contributed by atoms with Crippen LogP contribution in [0.15, 0.2) is 66.9 Å². The summed E-state index contributed by atoms with van der Waals surface area (Å²) >= 11 is 0. The number of methoxy groups -OCH3 is 1. The molecule has 13 nitrogen and oxygen atoms in total. The summed E-state index contributed by atoms with van der Waals surface area (Å²) in [4.78, 5) is 54.1. The zero-order valence-corrected chi connectivity index (χ0v) is 31.4. The molecule has 0 spiro atoms. The molecule has 1 fully saturated rings. The molecule has 1 aliphatic rings. The number of likely N-dealkylation sites (N-methyl/N-ethyl adjacent to an activating group) is 2. The van der Waals surface area contributed by atoms with Gasteiger partial charge in [-0.05, 0) is 87.3 Å². The van der Waals surface area contributed by atoms with Gasteiger partial charge in [0.15, 0.2) is 18.1 Å². The van der Waals surface area contributed by atoms with E-state index in [2.05, 4.69) is 39.3 Å². The Morgan fingerprint density at radius 3 is 2.26 bits per heavy atom. The van der Waals surface area contributed by atoms with E-state index in [9.17, 15) is 14.4 Å². The van der Waals surface area contributed by atoms with Crippen LogP contribution in [0.1, 0.15) is 58.5 Å². The number of benzene rings is 3. The Bertz CT molecular complexity index is 1870. The van der Waals surface area contributed by atoms with E-state index in [4.69, 9.17) is 14.2 Å². The number of ether oxygens (including phenoxy) is 3. The molecule has 0 aliphatic carbocycles. The summed E-state index contributed by atoms with van der Waals surface area (Å²) in [6, 6.07) is 17.7. The Morgan fingerprint density at radius 1 is 0.906 bits per heavy atom. The molecular weight excluding hydrogens is 674 g/mol. The number of hydrogen-bond acceptors (Lipinski definition) is 10. The number of aryl methyl sites for hydroxylation is 2. The van der Waals surface area contributed by atoms with Crippen molar-refractivity contribution in [3.8, 4) is 23.1 Å². The van der Waals surface area contributed by atoms with Gasteiger partial charge in [0.25, 0.3) is 17.7 Å². The Balaban J connectivity index is 1.36. The van der Waals surface area contributed by atoms with Crippen LogP contribution in [0.5, 0.6) is 23.1 Å². The molecule has 4 aromatic rings. The molecule has 0 bridgehead atoms. The van der Waals surface area contributed by atoms with Gasteiger partial charge in [-0.1, -0.05) is 32.0 Å². The predicted octanol–water partition coefficient (Wildman–Crippen LogP) is 6.31. The van der Waals surface area contributed by atoms with Crippen molar-refractivity contribution in [2.45, 2.75) is 40.5 Å². The number of hydrogen-bond donors (Lipinski definition) is 2. The molecule has 2 N–H and O–H groups in total. The maximum atomic E-state index is 13.7. The first-order valence-corrected chi connectivity index (χ1v) is 18.0. The number of rotatable bonds is 16. The van der Waals surface area contributed by atoms with Gasteiger partial charge in [0.2, 0.25) is 11.8 Å². The number of aromatic nitrogens is 2. The molecule has 0 atom stereocenters. The second-order valence-corrected chi connectivity index (χ2v) is 12.9. The van der Waals surface area contributed by atoms with Crippen molar-refractivity contribution in [2.24, 2.45) is 0 Å². The third-order valence-electron chi connectivity index (χ3n) is 9.26. The zero-order chi connectivity index (χ0) is 37.9. The predicted molar refractivity (Wildman–Crippen MR) is 205 cm³/mol. The van der Waals surface area contributed by atoms with Crippen molar-refractivity contribution in [3.63, 3.8) is 0 Å². The van der Waals surface area contributed by atoms with E-state index in [1.165, 1.54) is 13.3 Å². The molecule has 5 rings (SSSR count). The Hall–Kier alpha value is -5.69. The maximum Gasteiger partial charge on any atom is 0.262 e. The van der Waals surface area contributed by atoms with Crippen LogP contribution in [0.3, 0.4) is 0 Å². The van der Waals surface area contributed by atoms with Gasteiger partial charge < -0.3 is 39.5 Å². The van der Waals surface area contributed by atoms with E-state index in [1.807, 2.05) is 32.0 Å². The lowest BCUT2D eigenvalue weighted by atomic mass is 10.1. The fourth-order valence-electron chi connectivity index (χ4n) is 5.96. The molecule has 1 aromatic heterocycles. The van der Waals surface area contributed by atoms with Crippen LogP contribution in [-0.4, -0.2) is 102 Å². The second kappa shape index (κ2) is 18.2. The Kier molecular flexibility index (Phi) is 13.2. The van der Waals surface area contributed by atoms with Gasteiger partial charge in [0.05, 0.1) is 7.11 Å². The molecule has 53 heavy (non-hydrogen) atoms. The second-order valence-electron chi connectivity index (χ2n) is 12.9. The largest absolute Gasteiger partial charge is 0.493 e. The molecule has 0 radical (unpaired) electrons. The highest BCUT2D eigenvalue weighted by Gasteiger charge is 2.22. The summed E-state index contributed by atoms with van der Waals surface area (Å²) in [6.45, 7) is 12.7. The van der Waals surface area contributed by atoms with Gasteiger partial charge in [0, 0.05) is 62.4 Å². The molecule has 3 aromatic carbocycles. The lowest BCUT2D eigenvalue weighted by Crippen LogP contribution is -2.36. The zero-order valence-electron chi connectivity index (χ0n) is 31.4. The van der Waals surface area contributed by atoms with Gasteiger partial charge in [-0.3, -0.25) is 14.4 Å². The Labute approximate surface area is 311 Å². The smallest absolute Gasteiger partial charge is 0.262 e. The van der Waals surface area contributed by atoms with Crippen LogP contribution in [0.2, 0.25) is 0 Å². The average Bonchev–Trinajstić information content (AvgIpc) is 3.72. The molecule has 13 heteroatoms. The fraction of sp³-hybridized carbons (Fsp3) is 0.375. The molecule has 2 heterocycles. The minimum Gasteiger partial charge on any atom is -0.493 e. The van der Waals surface area contributed by atoms with Crippen molar-refractivity contribution < 1.29 is 28.6 Å². The summed E-state index contributed by atoms with van der Waals surface area (Å²) in [5.74, 6) is 0.549. The van der Waals surface area contributed by atoms with E-state index >= 15 is 0 Å². The van der Waals surface area contributed by atoms with E-state index in [1.54, 1.807) is 59.3 Å². The van der Waals surface area contributed by atoms with Crippen molar-refractivity contribution in [2.75, 3.05) is 70.7 Å². The molecule has 3 amide bonds. The first-order valence-electron chi connectivity index (χ1n) is 18.0. The molecule has 1 saturated heterocycles. The average molecular weight is 724 g/mol. The van der Waals surface area contributed by atoms with Crippen molar-refractivity contribution in [1.82, 2.24) is 24.7 Å².